The van der Waals surface area contributed by atoms with Crippen molar-refractivity contribution in [3.05, 3.63) is 38.7 Å². The molecule has 3 amide bonds. The van der Waals surface area contributed by atoms with Gasteiger partial charge >= 0.3 is 5.97 Å². The minimum absolute atomic E-state index is 0.0250. The first-order chi connectivity index (χ1) is 15.8. The number of nitrogens with one attached hydrogen (secondary N) is 2. The molecule has 4 rings (SSSR count). The molecular weight excluding hydrogens is 507 g/mol. The maximum Gasteiger partial charge on any atom is 0.352 e. The number of rotatable bonds is 9. The second-order valence-electron chi connectivity index (χ2n) is 7.13. The van der Waals surface area contributed by atoms with E-state index in [-0.39, 0.29) is 30.5 Å². The number of carbonyl (C=O) groups excluding carboxylic acids is 3. The highest BCUT2D eigenvalue weighted by atomic mass is 32.2. The van der Waals surface area contributed by atoms with E-state index in [2.05, 4.69) is 20.8 Å². The van der Waals surface area contributed by atoms with Crippen molar-refractivity contribution in [2.24, 2.45) is 0 Å². The number of nitrogens with zero attached hydrogens (tertiary/aromatic N) is 3. The first-order valence-corrected chi connectivity index (χ1v) is 13.5. The summed E-state index contributed by atoms with van der Waals surface area (Å²) in [5.41, 5.74) is 0.590. The molecule has 174 valence electrons. The van der Waals surface area contributed by atoms with Crippen molar-refractivity contribution in [3.63, 3.8) is 0 Å². The number of thiophene rings is 1. The fourth-order valence-electron chi connectivity index (χ4n) is 3.31. The maximum atomic E-state index is 12.7. The van der Waals surface area contributed by atoms with Crippen molar-refractivity contribution >= 4 is 69.9 Å². The summed E-state index contributed by atoms with van der Waals surface area (Å²) in [6.07, 6.45) is 0.189. The zero-order chi connectivity index (χ0) is 23.5. The Bertz CT molecular complexity index is 1120. The summed E-state index contributed by atoms with van der Waals surface area (Å²) in [7, 11) is 0. The second kappa shape index (κ2) is 10.2. The number of carboxylic acid groups (broad SMARTS) is 1. The normalized spacial score (nSPS) is 19.7. The summed E-state index contributed by atoms with van der Waals surface area (Å²) in [5, 5.41) is 25.4. The van der Waals surface area contributed by atoms with Crippen LogP contribution >= 0.6 is 46.2 Å². The van der Waals surface area contributed by atoms with Crippen LogP contribution in [0.25, 0.3) is 0 Å². The van der Waals surface area contributed by atoms with Gasteiger partial charge in [-0.05, 0) is 17.0 Å². The summed E-state index contributed by atoms with van der Waals surface area (Å²) >= 11 is 5.55. The first-order valence-electron chi connectivity index (χ1n) is 9.75. The van der Waals surface area contributed by atoms with Crippen LogP contribution < -0.4 is 10.6 Å². The molecule has 0 aliphatic carbocycles. The number of aromatic nitrogens is 2. The number of fused-ring (bicyclic) bond motifs is 1. The molecule has 2 aromatic rings. The van der Waals surface area contributed by atoms with Crippen LogP contribution in [0.15, 0.2) is 33.1 Å². The zero-order valence-electron chi connectivity index (χ0n) is 17.3. The van der Waals surface area contributed by atoms with Crippen molar-refractivity contribution in [1.82, 2.24) is 25.7 Å². The van der Waals surface area contributed by atoms with Gasteiger partial charge < -0.3 is 15.7 Å². The molecule has 4 heterocycles. The summed E-state index contributed by atoms with van der Waals surface area (Å²) in [5.74, 6) is -1.24. The fraction of sp³-hybridized carbons (Fsp3) is 0.368. The smallest absolute Gasteiger partial charge is 0.352 e. The lowest BCUT2D eigenvalue weighted by Crippen LogP contribution is -2.70. The van der Waals surface area contributed by atoms with E-state index in [0.29, 0.717) is 26.4 Å². The predicted octanol–water partition coefficient (Wildman–Crippen LogP) is 1.31. The van der Waals surface area contributed by atoms with Gasteiger partial charge in [0.15, 0.2) is 4.34 Å². The van der Waals surface area contributed by atoms with Gasteiger partial charge in [0.25, 0.3) is 5.91 Å². The summed E-state index contributed by atoms with van der Waals surface area (Å²) < 4.78 is 0.647. The Morgan fingerprint density at radius 1 is 1.33 bits per heavy atom. The highest BCUT2D eigenvalue weighted by molar-refractivity contribution is 8.01. The molecule has 2 aromatic heterocycles. The van der Waals surface area contributed by atoms with E-state index in [0.717, 1.165) is 4.88 Å². The molecule has 2 aliphatic rings. The number of aliphatic carboxylic acids is 1. The Morgan fingerprint density at radius 2 is 2.15 bits per heavy atom. The lowest BCUT2D eigenvalue weighted by Gasteiger charge is -2.49. The van der Waals surface area contributed by atoms with Crippen molar-refractivity contribution in [2.75, 3.05) is 11.5 Å². The van der Waals surface area contributed by atoms with E-state index in [1.807, 2.05) is 17.5 Å². The molecule has 3 N–H and O–H groups in total. The average molecular weight is 526 g/mol. The number of β-lactam (4-membered cyclic amide) rings is 1. The summed E-state index contributed by atoms with van der Waals surface area (Å²) in [4.78, 5) is 50.2. The second-order valence-corrected chi connectivity index (χ2v) is 11.6. The molecule has 1 unspecified atom stereocenters. The molecule has 14 heteroatoms. The molecule has 33 heavy (non-hydrogen) atoms. The largest absolute Gasteiger partial charge is 0.477 e. The standard InChI is InChI=1S/C19H19N5O5S4/c1-9(25)20-6-13-22-23-19(33-13)32-8-10-7-31-17-14(16(27)24(17)15(10)18(28)29)21-12(26)5-11-3-2-4-30-11/h2-4,14,17H,5-8H2,1H3,(H,20,25)(H,21,26)(H,28,29)/t14?,17-/m1/s1. The van der Waals surface area contributed by atoms with Crippen LogP contribution in [0.1, 0.15) is 16.8 Å². The topological polar surface area (TPSA) is 142 Å². The Labute approximate surface area is 205 Å². The van der Waals surface area contributed by atoms with Crippen LogP contribution in [-0.2, 0) is 32.1 Å². The highest BCUT2D eigenvalue weighted by Crippen LogP contribution is 2.41. The Hall–Kier alpha value is -2.42. The highest BCUT2D eigenvalue weighted by Gasteiger charge is 2.54. The minimum Gasteiger partial charge on any atom is -0.477 e. The number of hydrogen-bond donors (Lipinski definition) is 3. The number of amides is 3. The predicted molar refractivity (Wildman–Crippen MR) is 126 cm³/mol. The Morgan fingerprint density at radius 3 is 2.85 bits per heavy atom. The van der Waals surface area contributed by atoms with Crippen LogP contribution in [0.5, 0.6) is 0 Å². The lowest BCUT2D eigenvalue weighted by molar-refractivity contribution is -0.150. The Balaban J connectivity index is 1.39. The number of carboxylic acids is 1. The van der Waals surface area contributed by atoms with Gasteiger partial charge in [-0.3, -0.25) is 19.3 Å². The fourth-order valence-corrected chi connectivity index (χ4v) is 7.33. The van der Waals surface area contributed by atoms with Gasteiger partial charge in [0.05, 0.1) is 13.0 Å². The lowest BCUT2D eigenvalue weighted by atomic mass is 10.0. The number of thioether (sulfide) groups is 2. The molecule has 10 nitrogen and oxygen atoms in total. The van der Waals surface area contributed by atoms with E-state index in [4.69, 9.17) is 0 Å². The third-order valence-electron chi connectivity index (χ3n) is 4.79. The summed E-state index contributed by atoms with van der Waals surface area (Å²) in [6, 6.07) is 2.98. The first kappa shape index (κ1) is 23.7. The molecule has 0 radical (unpaired) electrons. The van der Waals surface area contributed by atoms with E-state index in [1.165, 1.54) is 58.0 Å². The Kier molecular flexibility index (Phi) is 7.36. The third-order valence-corrected chi connectivity index (χ3v) is 9.15. The van der Waals surface area contributed by atoms with Crippen molar-refractivity contribution in [3.8, 4) is 0 Å². The van der Waals surface area contributed by atoms with Gasteiger partial charge in [0, 0.05) is 23.3 Å². The van der Waals surface area contributed by atoms with Crippen LogP contribution in [0.4, 0.5) is 0 Å². The van der Waals surface area contributed by atoms with E-state index < -0.39 is 23.3 Å². The SMILES string of the molecule is CC(=O)NCc1nnc(SCC2=C(C(=O)O)N3C(=O)C(NC(=O)Cc4cccs4)[C@H]3SC2)s1. The van der Waals surface area contributed by atoms with Crippen LogP contribution in [0.2, 0.25) is 0 Å². The molecule has 2 atom stereocenters. The quantitative estimate of drug-likeness (QED) is 0.326. The van der Waals surface area contributed by atoms with Gasteiger partial charge in [0.1, 0.15) is 22.1 Å². The number of hydrogen-bond acceptors (Lipinski definition) is 10. The minimum atomic E-state index is -1.17. The molecule has 0 spiro atoms. The van der Waals surface area contributed by atoms with Crippen molar-refractivity contribution in [2.45, 2.75) is 35.6 Å². The van der Waals surface area contributed by atoms with Gasteiger partial charge in [-0.25, -0.2) is 4.79 Å². The third kappa shape index (κ3) is 5.39. The van der Waals surface area contributed by atoms with Gasteiger partial charge in [-0.1, -0.05) is 29.2 Å². The molecule has 1 fully saturated rings. The van der Waals surface area contributed by atoms with Crippen LogP contribution in [0, 0.1) is 0 Å². The van der Waals surface area contributed by atoms with E-state index in [9.17, 15) is 24.3 Å². The molecule has 0 saturated carbocycles. The van der Waals surface area contributed by atoms with E-state index in [1.54, 1.807) is 0 Å². The molecule has 1 saturated heterocycles. The monoisotopic (exact) mass is 525 g/mol. The zero-order valence-corrected chi connectivity index (χ0v) is 20.5. The molecular formula is C19H19N5O5S4. The molecule has 0 bridgehead atoms. The van der Waals surface area contributed by atoms with Crippen LogP contribution in [0.3, 0.4) is 0 Å². The van der Waals surface area contributed by atoms with Crippen molar-refractivity contribution in [1.29, 1.82) is 0 Å². The summed E-state index contributed by atoms with van der Waals surface area (Å²) in [6.45, 7) is 1.71. The maximum absolute atomic E-state index is 12.7. The van der Waals surface area contributed by atoms with Crippen molar-refractivity contribution < 1.29 is 24.3 Å². The van der Waals surface area contributed by atoms with Gasteiger partial charge in [0.2, 0.25) is 11.8 Å². The average Bonchev–Trinajstić information content (AvgIpc) is 3.45. The van der Waals surface area contributed by atoms with Gasteiger partial charge in [-0.2, -0.15) is 0 Å². The van der Waals surface area contributed by atoms with Gasteiger partial charge in [-0.15, -0.1) is 33.3 Å². The molecule has 2 aliphatic heterocycles. The van der Waals surface area contributed by atoms with E-state index >= 15 is 0 Å². The molecule has 0 aromatic carbocycles. The number of carbonyl (C=O) groups is 4. The van der Waals surface area contributed by atoms with Crippen LogP contribution in [-0.4, -0.2) is 66.8 Å².